The molecule has 16 nitrogen and oxygen atoms in total. The van der Waals surface area contributed by atoms with Gasteiger partial charge in [0.1, 0.15) is 43.2 Å². The lowest BCUT2D eigenvalue weighted by Gasteiger charge is -2.47. The molecule has 0 saturated carbocycles. The number of thiol groups is 1. The van der Waals surface area contributed by atoms with Gasteiger partial charge in [0.05, 0.1) is 18.8 Å². The van der Waals surface area contributed by atoms with Crippen molar-refractivity contribution in [2.45, 2.75) is 81.4 Å². The van der Waals surface area contributed by atoms with Crippen LogP contribution in [0.4, 0.5) is 0 Å². The van der Waals surface area contributed by atoms with Gasteiger partial charge in [-0.2, -0.15) is 12.6 Å². The van der Waals surface area contributed by atoms with Crippen molar-refractivity contribution in [3.8, 4) is 0 Å². The number of ether oxygens (including phenoxy) is 5. The summed E-state index contributed by atoms with van der Waals surface area (Å²) in [5, 5.41) is 43.6. The highest BCUT2D eigenvalue weighted by Gasteiger charge is 2.52. The number of rotatable bonds is 11. The first-order valence-corrected chi connectivity index (χ1v) is 12.3. The van der Waals surface area contributed by atoms with Crippen LogP contribution in [0.3, 0.4) is 0 Å². The van der Waals surface area contributed by atoms with E-state index in [1.165, 1.54) is 14.0 Å². The Morgan fingerprint density at radius 2 is 1.68 bits per heavy atom. The number of hydrazine groups is 1. The Balaban J connectivity index is 2.24. The fraction of sp³-hybridized carbons (Fsp3) is 0.810. The highest BCUT2D eigenvalue weighted by Crippen LogP contribution is 2.30. The quantitative estimate of drug-likeness (QED) is 0.0878. The first-order valence-electron chi connectivity index (χ1n) is 11.7. The lowest BCUT2D eigenvalue weighted by molar-refractivity contribution is -0.326. The van der Waals surface area contributed by atoms with Crippen LogP contribution in [0.2, 0.25) is 0 Å². The SMILES string of the molecule is CO[C@@H]1C(C(=O)NNC(=O)CCS)O[C@@H](O[C@@H]2C(NC(C)=O)C(C)OC(COCC(=O)O)[C@H]2O)C(O)[C@H]1O. The van der Waals surface area contributed by atoms with Gasteiger partial charge in [0, 0.05) is 20.5 Å². The second-order valence-electron chi connectivity index (χ2n) is 8.72. The molecule has 0 radical (unpaired) electrons. The summed E-state index contributed by atoms with van der Waals surface area (Å²) in [6.07, 6.45) is -12.9. The minimum atomic E-state index is -1.77. The second kappa shape index (κ2) is 14.9. The van der Waals surface area contributed by atoms with Crippen LogP contribution in [-0.4, -0.2) is 131 Å². The maximum Gasteiger partial charge on any atom is 0.329 e. The lowest BCUT2D eigenvalue weighted by atomic mass is 9.92. The zero-order valence-electron chi connectivity index (χ0n) is 21.0. The van der Waals surface area contributed by atoms with Gasteiger partial charge in [-0.15, -0.1) is 0 Å². The van der Waals surface area contributed by atoms with Crippen LogP contribution >= 0.6 is 12.6 Å². The summed E-state index contributed by atoms with van der Waals surface area (Å²) in [7, 11) is 1.17. The smallest absolute Gasteiger partial charge is 0.329 e. The van der Waals surface area contributed by atoms with Crippen LogP contribution in [-0.2, 0) is 42.9 Å². The second-order valence-corrected chi connectivity index (χ2v) is 9.17. The molecule has 2 fully saturated rings. The van der Waals surface area contributed by atoms with Gasteiger partial charge in [0.15, 0.2) is 12.4 Å². The van der Waals surface area contributed by atoms with Gasteiger partial charge in [-0.3, -0.25) is 25.2 Å². The molecule has 0 aromatic rings. The van der Waals surface area contributed by atoms with Crippen LogP contribution in [0.1, 0.15) is 20.3 Å². The predicted octanol–water partition coefficient (Wildman–Crippen LogP) is -3.95. The number of amides is 3. The summed E-state index contributed by atoms with van der Waals surface area (Å²) in [4.78, 5) is 47.0. The molecule has 2 saturated heterocycles. The Kier molecular flexibility index (Phi) is 12.6. The number of hydrogen-bond donors (Lipinski definition) is 8. The minimum Gasteiger partial charge on any atom is -0.480 e. The van der Waals surface area contributed by atoms with Gasteiger partial charge < -0.3 is 49.4 Å². The number of carbonyl (C=O) groups is 4. The van der Waals surface area contributed by atoms with Crippen molar-refractivity contribution in [3.05, 3.63) is 0 Å². The van der Waals surface area contributed by atoms with Crippen molar-refractivity contribution in [1.29, 1.82) is 0 Å². The highest BCUT2D eigenvalue weighted by atomic mass is 32.1. The van der Waals surface area contributed by atoms with Gasteiger partial charge in [0.2, 0.25) is 11.8 Å². The van der Waals surface area contributed by atoms with Crippen molar-refractivity contribution in [2.75, 3.05) is 26.1 Å². The number of carboxylic acid groups (broad SMARTS) is 1. The average Bonchev–Trinajstić information content (AvgIpc) is 2.84. The normalized spacial score (nSPS) is 35.2. The van der Waals surface area contributed by atoms with Crippen LogP contribution in [0.15, 0.2) is 0 Å². The van der Waals surface area contributed by atoms with Gasteiger partial charge in [-0.1, -0.05) is 0 Å². The molecule has 0 bridgehead atoms. The van der Waals surface area contributed by atoms with E-state index in [1.54, 1.807) is 6.92 Å². The third-order valence-electron chi connectivity index (χ3n) is 5.87. The third-order valence-corrected chi connectivity index (χ3v) is 6.10. The standard InChI is InChI=1S/C21H35N3O13S/c1-8-13(22-9(2)25)17(14(29)10(35-8)6-34-7-12(27)28)36-21-16(31)15(30)18(33-3)19(37-21)20(32)24-23-11(26)4-5-38/h8,10,13-19,21,29-31,38H,4-7H2,1-3H3,(H,22,25)(H,23,26)(H,24,32)(H,27,28)/t8?,10?,13?,14-,15-,16?,17-,18+,19?,21-/m1/s1. The maximum absolute atomic E-state index is 12.7. The van der Waals surface area contributed by atoms with E-state index in [0.29, 0.717) is 0 Å². The van der Waals surface area contributed by atoms with Crippen LogP contribution < -0.4 is 16.2 Å². The van der Waals surface area contributed by atoms with Crippen LogP contribution in [0.5, 0.6) is 0 Å². The fourth-order valence-corrected chi connectivity index (χ4v) is 4.28. The summed E-state index contributed by atoms with van der Waals surface area (Å²) in [6, 6.07) is -0.987. The Morgan fingerprint density at radius 1 is 1.00 bits per heavy atom. The molecular formula is C21H35N3O13S. The van der Waals surface area contributed by atoms with Gasteiger partial charge >= 0.3 is 5.97 Å². The molecule has 2 rings (SSSR count). The summed E-state index contributed by atoms with van der Waals surface area (Å²) in [5.41, 5.74) is 4.29. The predicted molar refractivity (Wildman–Crippen MR) is 128 cm³/mol. The van der Waals surface area contributed by atoms with Crippen molar-refractivity contribution in [1.82, 2.24) is 16.2 Å². The van der Waals surface area contributed by atoms with E-state index in [4.69, 9.17) is 28.8 Å². The third kappa shape index (κ3) is 8.45. The lowest BCUT2D eigenvalue weighted by Crippen LogP contribution is -2.68. The molecule has 218 valence electrons. The molecule has 0 spiro atoms. The molecule has 0 aliphatic carbocycles. The molecule has 0 aromatic carbocycles. The Morgan fingerprint density at radius 3 is 2.26 bits per heavy atom. The number of carboxylic acids is 1. The van der Waals surface area contributed by atoms with Crippen molar-refractivity contribution in [2.24, 2.45) is 0 Å². The molecule has 2 aliphatic heterocycles. The largest absolute Gasteiger partial charge is 0.480 e. The van der Waals surface area contributed by atoms with Crippen molar-refractivity contribution >= 4 is 36.3 Å². The summed E-state index contributed by atoms with van der Waals surface area (Å²) in [5.74, 6) is -2.97. The van der Waals surface area contributed by atoms with E-state index in [0.717, 1.165) is 0 Å². The van der Waals surface area contributed by atoms with E-state index < -0.39 is 91.5 Å². The topological polar surface area (TPSA) is 231 Å². The highest BCUT2D eigenvalue weighted by molar-refractivity contribution is 7.80. The molecule has 17 heteroatoms. The number of aliphatic hydroxyl groups is 3. The Bertz CT molecular complexity index is 836. The number of aliphatic hydroxyl groups excluding tert-OH is 3. The average molecular weight is 570 g/mol. The van der Waals surface area contributed by atoms with E-state index in [-0.39, 0.29) is 18.8 Å². The Labute approximate surface area is 223 Å². The van der Waals surface area contributed by atoms with E-state index in [1.807, 2.05) is 0 Å². The molecular weight excluding hydrogens is 534 g/mol. The van der Waals surface area contributed by atoms with Crippen LogP contribution in [0, 0.1) is 0 Å². The zero-order valence-corrected chi connectivity index (χ0v) is 21.9. The molecule has 10 atom stereocenters. The number of nitrogens with one attached hydrogen (secondary N) is 3. The number of methoxy groups -OCH3 is 1. The fourth-order valence-electron chi connectivity index (χ4n) is 4.08. The molecule has 0 aromatic heterocycles. The van der Waals surface area contributed by atoms with Crippen molar-refractivity contribution in [3.63, 3.8) is 0 Å². The monoisotopic (exact) mass is 569 g/mol. The number of aliphatic carboxylic acids is 1. The zero-order chi connectivity index (χ0) is 28.6. The first-order chi connectivity index (χ1) is 17.9. The van der Waals surface area contributed by atoms with Crippen molar-refractivity contribution < 1.29 is 63.3 Å². The minimum absolute atomic E-state index is 0.0113. The molecule has 7 N–H and O–H groups in total. The Hall–Kier alpha value is -2.09. The molecule has 2 heterocycles. The molecule has 5 unspecified atom stereocenters. The number of hydrogen-bond acceptors (Lipinski definition) is 13. The van der Waals surface area contributed by atoms with Crippen LogP contribution in [0.25, 0.3) is 0 Å². The van der Waals surface area contributed by atoms with Gasteiger partial charge in [-0.05, 0) is 12.7 Å². The van der Waals surface area contributed by atoms with Gasteiger partial charge in [0.25, 0.3) is 5.91 Å². The maximum atomic E-state index is 12.7. The first kappa shape index (κ1) is 32.1. The number of carbonyl (C=O) groups excluding carboxylic acids is 3. The molecule has 3 amide bonds. The van der Waals surface area contributed by atoms with E-state index in [9.17, 15) is 34.5 Å². The molecule has 2 aliphatic rings. The molecule has 38 heavy (non-hydrogen) atoms. The summed E-state index contributed by atoms with van der Waals surface area (Å²) in [6.45, 7) is 1.78. The van der Waals surface area contributed by atoms with E-state index in [2.05, 4.69) is 28.8 Å². The summed E-state index contributed by atoms with van der Waals surface area (Å²) >= 11 is 3.92. The van der Waals surface area contributed by atoms with Gasteiger partial charge in [-0.25, -0.2) is 4.79 Å². The summed E-state index contributed by atoms with van der Waals surface area (Å²) < 4.78 is 27.3. The van der Waals surface area contributed by atoms with E-state index >= 15 is 0 Å².